The van der Waals surface area contributed by atoms with Crippen molar-refractivity contribution in [1.29, 1.82) is 0 Å². The number of ether oxygens (including phenoxy) is 2. The Balaban J connectivity index is 1.67. The van der Waals surface area contributed by atoms with Gasteiger partial charge in [-0.05, 0) is 26.2 Å². The number of aliphatic imine (C=N–C) groups is 1. The van der Waals surface area contributed by atoms with Crippen LogP contribution in [0, 0.1) is 0 Å². The molecule has 0 aliphatic carbocycles. The van der Waals surface area contributed by atoms with Gasteiger partial charge in [-0.1, -0.05) is 0 Å². The Bertz CT molecular complexity index is 518. The molecule has 1 aliphatic rings. The van der Waals surface area contributed by atoms with E-state index in [1.54, 1.807) is 0 Å². The van der Waals surface area contributed by atoms with Crippen LogP contribution in [0.1, 0.15) is 38.6 Å². The normalized spacial score (nSPS) is 18.1. The lowest BCUT2D eigenvalue weighted by molar-refractivity contribution is 0.0168. The lowest BCUT2D eigenvalue weighted by Crippen LogP contribution is -2.38. The molecule has 25 heavy (non-hydrogen) atoms. The zero-order valence-corrected chi connectivity index (χ0v) is 14.6. The Morgan fingerprint density at radius 2 is 2.40 bits per heavy atom. The van der Waals surface area contributed by atoms with Crippen LogP contribution >= 0.6 is 0 Å². The van der Waals surface area contributed by atoms with Gasteiger partial charge in [0, 0.05) is 38.7 Å². The largest absolute Gasteiger partial charge is 0.379 e. The van der Waals surface area contributed by atoms with E-state index in [2.05, 4.69) is 20.6 Å². The minimum absolute atomic E-state index is 0.0855. The van der Waals surface area contributed by atoms with Crippen LogP contribution in [0.25, 0.3) is 0 Å². The summed E-state index contributed by atoms with van der Waals surface area (Å²) in [6.45, 7) is 2.91. The van der Waals surface area contributed by atoms with Crippen LogP contribution in [-0.4, -0.2) is 54.5 Å². The number of guanidine groups is 1. The zero-order valence-electron chi connectivity index (χ0n) is 14.6. The van der Waals surface area contributed by atoms with Crippen LogP contribution in [-0.2, 0) is 16.0 Å². The maximum atomic E-state index is 12.8. The Hall–Kier alpha value is -1.74. The topological polar surface area (TPSA) is 72.7 Å². The Labute approximate surface area is 146 Å². The summed E-state index contributed by atoms with van der Waals surface area (Å²) in [6.07, 6.45) is 5.85. The summed E-state index contributed by atoms with van der Waals surface area (Å²) in [4.78, 5) is 8.21. The number of rotatable bonds is 10. The summed E-state index contributed by atoms with van der Waals surface area (Å²) < 4.78 is 37.5. The van der Waals surface area contributed by atoms with Gasteiger partial charge in [0.1, 0.15) is 12.4 Å². The quantitative estimate of drug-likeness (QED) is 0.379. The highest BCUT2D eigenvalue weighted by Gasteiger charge is 2.15. The van der Waals surface area contributed by atoms with Crippen molar-refractivity contribution in [3.05, 3.63) is 18.2 Å². The van der Waals surface area contributed by atoms with Gasteiger partial charge in [-0.2, -0.15) is 8.78 Å². The molecule has 0 amide bonds. The van der Waals surface area contributed by atoms with Crippen molar-refractivity contribution >= 4 is 5.96 Å². The first-order valence-corrected chi connectivity index (χ1v) is 8.72. The molecule has 0 spiro atoms. The van der Waals surface area contributed by atoms with E-state index >= 15 is 0 Å². The molecule has 1 unspecified atom stereocenters. The average molecular weight is 359 g/mol. The van der Waals surface area contributed by atoms with Crippen molar-refractivity contribution in [2.45, 2.75) is 45.4 Å². The summed E-state index contributed by atoms with van der Waals surface area (Å²) in [5, 5.41) is 6.25. The number of imidazole rings is 1. The van der Waals surface area contributed by atoms with Crippen molar-refractivity contribution in [3.63, 3.8) is 0 Å². The van der Waals surface area contributed by atoms with Gasteiger partial charge in [-0.25, -0.2) is 9.98 Å². The van der Waals surface area contributed by atoms with E-state index in [0.29, 0.717) is 32.3 Å². The highest BCUT2D eigenvalue weighted by molar-refractivity contribution is 5.79. The molecular weight excluding hydrogens is 332 g/mol. The monoisotopic (exact) mass is 359 g/mol. The number of nitrogens with zero attached hydrogens (tertiary/aromatic N) is 3. The van der Waals surface area contributed by atoms with E-state index in [0.717, 1.165) is 30.4 Å². The average Bonchev–Trinajstić information content (AvgIpc) is 3.26. The SMILES string of the molecule is CCNC(=NCc1nccn1C(F)F)NCCCOCC1CCCO1. The maximum absolute atomic E-state index is 12.8. The number of hydrogen-bond donors (Lipinski definition) is 2. The summed E-state index contributed by atoms with van der Waals surface area (Å²) >= 11 is 0. The van der Waals surface area contributed by atoms with Crippen LogP contribution in [0.2, 0.25) is 0 Å². The minimum atomic E-state index is -2.61. The number of alkyl halides is 2. The molecule has 142 valence electrons. The fourth-order valence-corrected chi connectivity index (χ4v) is 2.51. The highest BCUT2D eigenvalue weighted by atomic mass is 19.3. The van der Waals surface area contributed by atoms with Crippen LogP contribution in [0.15, 0.2) is 17.4 Å². The molecule has 1 fully saturated rings. The third kappa shape index (κ3) is 6.95. The van der Waals surface area contributed by atoms with Gasteiger partial charge in [0.2, 0.25) is 0 Å². The first kappa shape index (κ1) is 19.6. The molecule has 9 heteroatoms. The van der Waals surface area contributed by atoms with Crippen LogP contribution in [0.3, 0.4) is 0 Å². The standard InChI is InChI=1S/C16H27F2N5O2/c1-2-19-16(22-11-14-20-7-8-23(14)15(17)18)21-6-4-9-24-12-13-5-3-10-25-13/h7-8,13,15H,2-6,9-12H2,1H3,(H2,19,21,22). The zero-order chi connectivity index (χ0) is 17.9. The second-order valence-corrected chi connectivity index (χ2v) is 5.71. The van der Waals surface area contributed by atoms with Gasteiger partial charge in [0.25, 0.3) is 0 Å². The predicted octanol–water partition coefficient (Wildman–Crippen LogP) is 1.92. The predicted molar refractivity (Wildman–Crippen MR) is 90.7 cm³/mol. The summed E-state index contributed by atoms with van der Waals surface area (Å²) in [5.74, 6) is 0.803. The lowest BCUT2D eigenvalue weighted by Gasteiger charge is -2.13. The van der Waals surface area contributed by atoms with Gasteiger partial charge in [0.05, 0.1) is 12.7 Å². The Kier molecular flexibility index (Phi) is 8.61. The lowest BCUT2D eigenvalue weighted by atomic mass is 10.2. The number of halogens is 2. The van der Waals surface area contributed by atoms with Gasteiger partial charge in [-0.3, -0.25) is 4.57 Å². The molecule has 1 aromatic rings. The maximum Gasteiger partial charge on any atom is 0.319 e. The summed E-state index contributed by atoms with van der Waals surface area (Å²) in [5.41, 5.74) is 0. The third-order valence-electron chi connectivity index (χ3n) is 3.77. The first-order valence-electron chi connectivity index (χ1n) is 8.72. The van der Waals surface area contributed by atoms with Crippen LogP contribution < -0.4 is 10.6 Å². The van der Waals surface area contributed by atoms with E-state index < -0.39 is 6.55 Å². The first-order chi connectivity index (χ1) is 12.2. The Morgan fingerprint density at radius 3 is 3.12 bits per heavy atom. The van der Waals surface area contributed by atoms with Crippen LogP contribution in [0.4, 0.5) is 8.78 Å². The summed E-state index contributed by atoms with van der Waals surface area (Å²) in [6, 6.07) is 0. The number of nitrogens with one attached hydrogen (secondary N) is 2. The van der Waals surface area contributed by atoms with Gasteiger partial charge < -0.3 is 20.1 Å². The Morgan fingerprint density at radius 1 is 1.52 bits per heavy atom. The van der Waals surface area contributed by atoms with E-state index in [4.69, 9.17) is 9.47 Å². The molecule has 2 rings (SSSR count). The third-order valence-corrected chi connectivity index (χ3v) is 3.77. The molecule has 1 saturated heterocycles. The van der Waals surface area contributed by atoms with Crippen molar-refractivity contribution in [2.75, 3.05) is 32.9 Å². The van der Waals surface area contributed by atoms with Gasteiger partial charge in [0.15, 0.2) is 5.96 Å². The molecule has 2 N–H and O–H groups in total. The molecule has 7 nitrogen and oxygen atoms in total. The van der Waals surface area contributed by atoms with E-state index in [-0.39, 0.29) is 18.5 Å². The molecule has 0 bridgehead atoms. The van der Waals surface area contributed by atoms with E-state index in [9.17, 15) is 8.78 Å². The van der Waals surface area contributed by atoms with Crippen molar-refractivity contribution in [3.8, 4) is 0 Å². The fraction of sp³-hybridized carbons (Fsp3) is 0.750. The highest BCUT2D eigenvalue weighted by Crippen LogP contribution is 2.13. The van der Waals surface area contributed by atoms with Crippen LogP contribution in [0.5, 0.6) is 0 Å². The minimum Gasteiger partial charge on any atom is -0.379 e. The molecule has 0 saturated carbocycles. The molecule has 1 aliphatic heterocycles. The molecule has 1 aromatic heterocycles. The number of hydrogen-bond acceptors (Lipinski definition) is 4. The summed E-state index contributed by atoms with van der Waals surface area (Å²) in [7, 11) is 0. The van der Waals surface area contributed by atoms with E-state index in [1.165, 1.54) is 12.4 Å². The van der Waals surface area contributed by atoms with Gasteiger partial charge in [-0.15, -0.1) is 0 Å². The molecule has 2 heterocycles. The van der Waals surface area contributed by atoms with Crippen molar-refractivity contribution in [2.24, 2.45) is 4.99 Å². The fourth-order valence-electron chi connectivity index (χ4n) is 2.51. The second kappa shape index (κ2) is 11.0. The number of aromatic nitrogens is 2. The van der Waals surface area contributed by atoms with Crippen molar-refractivity contribution in [1.82, 2.24) is 20.2 Å². The molecular formula is C16H27F2N5O2. The second-order valence-electron chi connectivity index (χ2n) is 5.71. The molecule has 0 radical (unpaired) electrons. The van der Waals surface area contributed by atoms with Gasteiger partial charge >= 0.3 is 6.55 Å². The van der Waals surface area contributed by atoms with Crippen molar-refractivity contribution < 1.29 is 18.3 Å². The smallest absolute Gasteiger partial charge is 0.319 e. The molecule has 0 aromatic carbocycles. The molecule has 1 atom stereocenters. The van der Waals surface area contributed by atoms with E-state index in [1.807, 2.05) is 6.92 Å².